The van der Waals surface area contributed by atoms with E-state index in [9.17, 15) is 0 Å². The largest absolute Gasteiger partial charge is 0.339 e. The zero-order valence-electron chi connectivity index (χ0n) is 11.2. The van der Waals surface area contributed by atoms with Gasteiger partial charge in [0.1, 0.15) is 5.82 Å². The molecule has 0 aliphatic rings. The maximum Gasteiger partial charge on any atom is 0.138 e. The summed E-state index contributed by atoms with van der Waals surface area (Å²) in [5.74, 6) is 0.894. The van der Waals surface area contributed by atoms with Crippen LogP contribution in [0.5, 0.6) is 0 Å². The fourth-order valence-corrected chi connectivity index (χ4v) is 3.05. The lowest BCUT2D eigenvalue weighted by atomic mass is 10.0. The Morgan fingerprint density at radius 1 is 0.762 bits per heavy atom. The molecular weight excluding hydrogens is 258 g/mol. The third-order valence-corrected chi connectivity index (χ3v) is 4.02. The van der Waals surface area contributed by atoms with Crippen LogP contribution in [0, 0.1) is 0 Å². The first kappa shape index (κ1) is 10.8. The molecule has 0 spiro atoms. The van der Waals surface area contributed by atoms with Crippen molar-refractivity contribution < 1.29 is 0 Å². The lowest BCUT2D eigenvalue weighted by Crippen LogP contribution is -1.92. The van der Waals surface area contributed by atoms with E-state index >= 15 is 0 Å². The van der Waals surface area contributed by atoms with Crippen molar-refractivity contribution in [2.45, 2.75) is 0 Å². The van der Waals surface area contributed by atoms with Gasteiger partial charge in [0.2, 0.25) is 0 Å². The van der Waals surface area contributed by atoms with Crippen LogP contribution in [0.25, 0.3) is 44.1 Å². The number of nitrogens with one attached hydrogen (secondary N) is 1. The zero-order chi connectivity index (χ0) is 13.8. The molecule has 2 aromatic heterocycles. The molecule has 0 saturated heterocycles. The second-order valence-corrected chi connectivity index (χ2v) is 5.27. The number of nitrogens with zero attached hydrogens (tertiary/aromatic N) is 2. The Kier molecular flexibility index (Phi) is 1.95. The van der Waals surface area contributed by atoms with Gasteiger partial charge in [0.25, 0.3) is 0 Å². The van der Waals surface area contributed by atoms with Gasteiger partial charge in [0.05, 0.1) is 11.0 Å². The van der Waals surface area contributed by atoms with Gasteiger partial charge < -0.3 is 4.98 Å². The molecule has 3 aromatic carbocycles. The van der Waals surface area contributed by atoms with Gasteiger partial charge in [-0.3, -0.25) is 4.98 Å². The van der Waals surface area contributed by atoms with E-state index in [2.05, 4.69) is 46.4 Å². The molecule has 5 rings (SSSR count). The molecule has 0 unspecified atom stereocenters. The second kappa shape index (κ2) is 3.79. The second-order valence-electron chi connectivity index (χ2n) is 5.27. The summed E-state index contributed by atoms with van der Waals surface area (Å²) >= 11 is 0. The smallest absolute Gasteiger partial charge is 0.138 e. The van der Waals surface area contributed by atoms with E-state index in [-0.39, 0.29) is 0 Å². The van der Waals surface area contributed by atoms with E-state index in [0.717, 1.165) is 27.9 Å². The molecule has 0 bridgehead atoms. The highest BCUT2D eigenvalue weighted by molar-refractivity contribution is 6.21. The van der Waals surface area contributed by atoms with Gasteiger partial charge in [0.15, 0.2) is 0 Å². The number of aromatic amines is 1. The van der Waals surface area contributed by atoms with Crippen LogP contribution in [0.2, 0.25) is 0 Å². The van der Waals surface area contributed by atoms with Crippen LogP contribution < -0.4 is 0 Å². The summed E-state index contributed by atoms with van der Waals surface area (Å²) in [6.45, 7) is 0. The molecule has 5 aromatic rings. The minimum absolute atomic E-state index is 0.894. The number of hydrogen-bond donors (Lipinski definition) is 1. The van der Waals surface area contributed by atoms with Gasteiger partial charge in [-0.2, -0.15) is 0 Å². The van der Waals surface area contributed by atoms with Crippen molar-refractivity contribution in [2.24, 2.45) is 0 Å². The Morgan fingerprint density at radius 3 is 2.52 bits per heavy atom. The van der Waals surface area contributed by atoms with Gasteiger partial charge in [0, 0.05) is 33.4 Å². The van der Waals surface area contributed by atoms with Crippen molar-refractivity contribution in [3.05, 3.63) is 60.8 Å². The molecular formula is C18H11N3. The maximum atomic E-state index is 4.79. The van der Waals surface area contributed by atoms with Crippen LogP contribution in [0.3, 0.4) is 0 Å². The van der Waals surface area contributed by atoms with E-state index in [0.29, 0.717) is 0 Å². The van der Waals surface area contributed by atoms with E-state index in [1.165, 1.54) is 16.2 Å². The molecule has 0 aliphatic carbocycles. The van der Waals surface area contributed by atoms with Gasteiger partial charge >= 0.3 is 0 Å². The van der Waals surface area contributed by atoms with Crippen molar-refractivity contribution in [3.8, 4) is 11.4 Å². The first-order valence-corrected chi connectivity index (χ1v) is 6.95. The molecule has 0 aliphatic heterocycles. The van der Waals surface area contributed by atoms with Crippen molar-refractivity contribution in [2.75, 3.05) is 0 Å². The van der Waals surface area contributed by atoms with E-state index in [1.807, 2.05) is 24.4 Å². The summed E-state index contributed by atoms with van der Waals surface area (Å²) in [5, 5.41) is 3.54. The normalized spacial score (nSPS) is 11.8. The number of aromatic nitrogens is 3. The van der Waals surface area contributed by atoms with Crippen molar-refractivity contribution in [3.63, 3.8) is 0 Å². The summed E-state index contributed by atoms with van der Waals surface area (Å²) in [6, 6.07) is 18.5. The summed E-state index contributed by atoms with van der Waals surface area (Å²) in [4.78, 5) is 12.7. The summed E-state index contributed by atoms with van der Waals surface area (Å²) < 4.78 is 0. The average molecular weight is 269 g/mol. The topological polar surface area (TPSA) is 41.6 Å². The fraction of sp³-hybridized carbons (Fsp3) is 0. The molecule has 3 heteroatoms. The van der Waals surface area contributed by atoms with Crippen LogP contribution in [0.15, 0.2) is 60.8 Å². The van der Waals surface area contributed by atoms with Crippen molar-refractivity contribution >= 4 is 32.7 Å². The molecule has 0 atom stereocenters. The van der Waals surface area contributed by atoms with Crippen LogP contribution in [-0.2, 0) is 0 Å². The van der Waals surface area contributed by atoms with Crippen LogP contribution in [0.4, 0.5) is 0 Å². The third-order valence-electron chi connectivity index (χ3n) is 4.02. The van der Waals surface area contributed by atoms with E-state index in [1.54, 1.807) is 0 Å². The number of hydrogen-bond acceptors (Lipinski definition) is 2. The Bertz CT molecular complexity index is 1010. The first-order valence-electron chi connectivity index (χ1n) is 6.95. The molecule has 3 nitrogen and oxygen atoms in total. The third kappa shape index (κ3) is 1.43. The molecule has 21 heavy (non-hydrogen) atoms. The highest BCUT2D eigenvalue weighted by Gasteiger charge is 2.12. The lowest BCUT2D eigenvalue weighted by Gasteiger charge is -2.09. The summed E-state index contributed by atoms with van der Waals surface area (Å²) in [6.07, 6.45) is 1.93. The van der Waals surface area contributed by atoms with Crippen molar-refractivity contribution in [1.29, 1.82) is 0 Å². The summed E-state index contributed by atoms with van der Waals surface area (Å²) in [7, 11) is 0. The van der Waals surface area contributed by atoms with Gasteiger partial charge in [-0.25, -0.2) is 4.98 Å². The van der Waals surface area contributed by atoms with Gasteiger partial charge in [-0.1, -0.05) is 36.4 Å². The highest BCUT2D eigenvalue weighted by atomic mass is 14.9. The molecule has 0 fully saturated rings. The first-order chi connectivity index (χ1) is 10.4. The Hall–Kier alpha value is -2.94. The quantitative estimate of drug-likeness (QED) is 0.491. The number of benzene rings is 3. The Morgan fingerprint density at radius 2 is 1.62 bits per heavy atom. The Balaban J connectivity index is 1.95. The van der Waals surface area contributed by atoms with E-state index < -0.39 is 0 Å². The average Bonchev–Trinajstić information content (AvgIpc) is 2.98. The van der Waals surface area contributed by atoms with Gasteiger partial charge in [-0.05, 0) is 18.2 Å². The molecule has 1 N–H and O–H groups in total. The van der Waals surface area contributed by atoms with Gasteiger partial charge in [-0.15, -0.1) is 0 Å². The molecule has 0 radical (unpaired) electrons. The number of rotatable bonds is 1. The fourth-order valence-electron chi connectivity index (χ4n) is 3.05. The molecule has 2 heterocycles. The van der Waals surface area contributed by atoms with Crippen molar-refractivity contribution in [1.82, 2.24) is 15.0 Å². The number of H-pyrrole nitrogens is 1. The Labute approximate surface area is 120 Å². The summed E-state index contributed by atoms with van der Waals surface area (Å²) in [5.41, 5.74) is 4.24. The standard InChI is InChI=1S/C18H11N3/c1-2-4-11(5-3-1)18-20-14-7-6-12-10-19-13-8-9-15(21-18)17(14)16(12)13/h1-10H,(H,20,21). The highest BCUT2D eigenvalue weighted by Crippen LogP contribution is 2.33. The molecule has 0 amide bonds. The minimum atomic E-state index is 0.894. The predicted octanol–water partition coefficient (Wildman–Crippen LogP) is 4.37. The minimum Gasteiger partial charge on any atom is -0.339 e. The molecule has 98 valence electrons. The SMILES string of the molecule is c1ccc(-c2nc3ccc4cnc5ccc([nH]2)c3c45)cc1. The van der Waals surface area contributed by atoms with Crippen LogP contribution in [-0.4, -0.2) is 15.0 Å². The van der Waals surface area contributed by atoms with Crippen LogP contribution >= 0.6 is 0 Å². The van der Waals surface area contributed by atoms with Crippen LogP contribution in [0.1, 0.15) is 0 Å². The van der Waals surface area contributed by atoms with E-state index in [4.69, 9.17) is 4.98 Å². The predicted molar refractivity (Wildman–Crippen MR) is 85.5 cm³/mol. The lowest BCUT2D eigenvalue weighted by molar-refractivity contribution is 1.26. The maximum absolute atomic E-state index is 4.79. The monoisotopic (exact) mass is 269 g/mol. The zero-order valence-corrected chi connectivity index (χ0v) is 11.2. The molecule has 0 saturated carbocycles.